The van der Waals surface area contributed by atoms with Crippen molar-refractivity contribution >= 4 is 11.6 Å². The first-order valence-electron chi connectivity index (χ1n) is 6.10. The highest BCUT2D eigenvalue weighted by Gasteiger charge is 2.26. The van der Waals surface area contributed by atoms with E-state index in [1.807, 2.05) is 13.0 Å². The zero-order valence-corrected chi connectivity index (χ0v) is 10.3. The number of ketones is 2. The standard InChI is InChI=1S/C15H16O3/c1-10-7-14(17)12(15(18)8-10)9-13(16)11-5-3-2-4-6-11/h2-6,10,17H,7-9H2,1H3. The van der Waals surface area contributed by atoms with Crippen LogP contribution in [0.25, 0.3) is 0 Å². The molecule has 3 nitrogen and oxygen atoms in total. The number of hydrogen-bond acceptors (Lipinski definition) is 3. The van der Waals surface area contributed by atoms with Crippen molar-refractivity contribution in [1.29, 1.82) is 0 Å². The molecule has 3 heteroatoms. The van der Waals surface area contributed by atoms with Crippen LogP contribution in [0.2, 0.25) is 0 Å². The summed E-state index contributed by atoms with van der Waals surface area (Å²) in [4.78, 5) is 23.8. The number of Topliss-reactive ketones (excluding diaryl/α,β-unsaturated/α-hetero) is 2. The van der Waals surface area contributed by atoms with E-state index in [1.165, 1.54) is 0 Å². The van der Waals surface area contributed by atoms with Gasteiger partial charge in [0.05, 0.1) is 5.76 Å². The van der Waals surface area contributed by atoms with Crippen molar-refractivity contribution in [1.82, 2.24) is 0 Å². The average Bonchev–Trinajstić information content (AvgIpc) is 2.34. The zero-order valence-electron chi connectivity index (χ0n) is 10.3. The Morgan fingerprint density at radius 2 is 1.94 bits per heavy atom. The molecule has 0 bridgehead atoms. The van der Waals surface area contributed by atoms with E-state index in [0.29, 0.717) is 24.0 Å². The molecule has 2 rings (SSSR count). The number of aliphatic hydroxyl groups is 1. The summed E-state index contributed by atoms with van der Waals surface area (Å²) < 4.78 is 0. The summed E-state index contributed by atoms with van der Waals surface area (Å²) in [7, 11) is 0. The van der Waals surface area contributed by atoms with E-state index in [0.717, 1.165) is 0 Å². The van der Waals surface area contributed by atoms with Crippen molar-refractivity contribution in [3.05, 3.63) is 47.2 Å². The zero-order chi connectivity index (χ0) is 13.1. The van der Waals surface area contributed by atoms with E-state index in [4.69, 9.17) is 0 Å². The van der Waals surface area contributed by atoms with Crippen LogP contribution in [0.3, 0.4) is 0 Å². The van der Waals surface area contributed by atoms with E-state index < -0.39 is 0 Å². The maximum atomic E-state index is 12.0. The SMILES string of the molecule is CC1CC(=O)C(CC(=O)c2ccccc2)=C(O)C1. The Labute approximate surface area is 106 Å². The molecule has 0 aliphatic heterocycles. The first-order chi connectivity index (χ1) is 8.58. The number of rotatable bonds is 3. The predicted molar refractivity (Wildman–Crippen MR) is 68.4 cm³/mol. The molecule has 1 atom stereocenters. The van der Waals surface area contributed by atoms with Gasteiger partial charge in [-0.05, 0) is 5.92 Å². The minimum atomic E-state index is -0.125. The second-order valence-corrected chi connectivity index (χ2v) is 4.83. The summed E-state index contributed by atoms with van der Waals surface area (Å²) >= 11 is 0. The summed E-state index contributed by atoms with van der Waals surface area (Å²) in [5.74, 6) is 0.0201. The minimum absolute atomic E-state index is 0.00139. The molecule has 0 aromatic heterocycles. The van der Waals surface area contributed by atoms with Gasteiger partial charge in [-0.25, -0.2) is 0 Å². The van der Waals surface area contributed by atoms with Crippen LogP contribution in [0.5, 0.6) is 0 Å². The Morgan fingerprint density at radius 3 is 2.56 bits per heavy atom. The molecule has 0 heterocycles. The van der Waals surface area contributed by atoms with Gasteiger partial charge in [-0.2, -0.15) is 0 Å². The van der Waals surface area contributed by atoms with Gasteiger partial charge in [-0.15, -0.1) is 0 Å². The Kier molecular flexibility index (Phi) is 3.60. The van der Waals surface area contributed by atoms with E-state index in [2.05, 4.69) is 0 Å². The first kappa shape index (κ1) is 12.6. The molecule has 1 aromatic carbocycles. The van der Waals surface area contributed by atoms with Gasteiger partial charge >= 0.3 is 0 Å². The summed E-state index contributed by atoms with van der Waals surface area (Å²) in [5.41, 5.74) is 0.867. The van der Waals surface area contributed by atoms with Gasteiger partial charge in [0.1, 0.15) is 0 Å². The highest BCUT2D eigenvalue weighted by molar-refractivity contribution is 6.06. The molecule has 1 aliphatic carbocycles. The Balaban J connectivity index is 2.17. The Bertz CT molecular complexity index is 500. The molecule has 0 fully saturated rings. The number of hydrogen-bond donors (Lipinski definition) is 1. The molecular formula is C15H16O3. The Hall–Kier alpha value is -1.90. The fourth-order valence-electron chi connectivity index (χ4n) is 2.21. The number of allylic oxidation sites excluding steroid dienone is 2. The number of benzene rings is 1. The van der Waals surface area contributed by atoms with E-state index in [-0.39, 0.29) is 29.7 Å². The quantitative estimate of drug-likeness (QED) is 0.831. The fourth-order valence-corrected chi connectivity index (χ4v) is 2.21. The van der Waals surface area contributed by atoms with Crippen molar-refractivity contribution in [2.24, 2.45) is 5.92 Å². The molecule has 94 valence electrons. The predicted octanol–water partition coefficient (Wildman–Crippen LogP) is 3.07. The van der Waals surface area contributed by atoms with Gasteiger partial charge < -0.3 is 5.11 Å². The van der Waals surface area contributed by atoms with Crippen molar-refractivity contribution in [3.63, 3.8) is 0 Å². The monoisotopic (exact) mass is 244 g/mol. The third-order valence-corrected chi connectivity index (χ3v) is 3.19. The highest BCUT2D eigenvalue weighted by Crippen LogP contribution is 2.27. The van der Waals surface area contributed by atoms with Crippen molar-refractivity contribution in [2.45, 2.75) is 26.2 Å². The van der Waals surface area contributed by atoms with Gasteiger partial charge in [0, 0.05) is 30.4 Å². The molecule has 18 heavy (non-hydrogen) atoms. The summed E-state index contributed by atoms with van der Waals surface area (Å²) in [5, 5.41) is 9.81. The topological polar surface area (TPSA) is 54.4 Å². The lowest BCUT2D eigenvalue weighted by Crippen LogP contribution is -2.19. The highest BCUT2D eigenvalue weighted by atomic mass is 16.3. The van der Waals surface area contributed by atoms with Crippen LogP contribution in [0.4, 0.5) is 0 Å². The van der Waals surface area contributed by atoms with Gasteiger partial charge in [-0.1, -0.05) is 37.3 Å². The molecule has 0 amide bonds. The molecule has 1 N–H and O–H groups in total. The number of carbonyl (C=O) groups excluding carboxylic acids is 2. The first-order valence-corrected chi connectivity index (χ1v) is 6.10. The van der Waals surface area contributed by atoms with Gasteiger partial charge in [0.2, 0.25) is 0 Å². The summed E-state index contributed by atoms with van der Waals surface area (Å²) in [6.45, 7) is 1.92. The van der Waals surface area contributed by atoms with Crippen LogP contribution in [0.15, 0.2) is 41.7 Å². The van der Waals surface area contributed by atoms with Crippen molar-refractivity contribution in [3.8, 4) is 0 Å². The fraction of sp³-hybridized carbons (Fsp3) is 0.333. The average molecular weight is 244 g/mol. The number of aliphatic hydroxyl groups excluding tert-OH is 1. The van der Waals surface area contributed by atoms with E-state index in [9.17, 15) is 14.7 Å². The molecule has 0 saturated carbocycles. The van der Waals surface area contributed by atoms with Crippen LogP contribution < -0.4 is 0 Å². The van der Waals surface area contributed by atoms with E-state index >= 15 is 0 Å². The molecule has 0 saturated heterocycles. The lowest BCUT2D eigenvalue weighted by atomic mass is 9.85. The van der Waals surface area contributed by atoms with Crippen LogP contribution in [-0.4, -0.2) is 16.7 Å². The van der Waals surface area contributed by atoms with Crippen LogP contribution >= 0.6 is 0 Å². The lowest BCUT2D eigenvalue weighted by Gasteiger charge is -2.19. The van der Waals surface area contributed by atoms with Gasteiger partial charge in [0.25, 0.3) is 0 Å². The van der Waals surface area contributed by atoms with Crippen LogP contribution in [0.1, 0.15) is 36.5 Å². The normalized spacial score (nSPS) is 20.1. The third kappa shape index (κ3) is 2.67. The minimum Gasteiger partial charge on any atom is -0.512 e. The maximum Gasteiger partial charge on any atom is 0.167 e. The Morgan fingerprint density at radius 1 is 1.28 bits per heavy atom. The van der Waals surface area contributed by atoms with Crippen LogP contribution in [0, 0.1) is 5.92 Å². The molecule has 0 spiro atoms. The van der Waals surface area contributed by atoms with E-state index in [1.54, 1.807) is 24.3 Å². The molecule has 1 aromatic rings. The number of carbonyl (C=O) groups is 2. The summed E-state index contributed by atoms with van der Waals surface area (Å²) in [6, 6.07) is 8.84. The second-order valence-electron chi connectivity index (χ2n) is 4.83. The van der Waals surface area contributed by atoms with Gasteiger partial charge in [-0.3, -0.25) is 9.59 Å². The van der Waals surface area contributed by atoms with Crippen molar-refractivity contribution < 1.29 is 14.7 Å². The second kappa shape index (κ2) is 5.17. The third-order valence-electron chi connectivity index (χ3n) is 3.19. The largest absolute Gasteiger partial charge is 0.512 e. The summed E-state index contributed by atoms with van der Waals surface area (Å²) in [6.07, 6.45) is 0.909. The molecule has 1 unspecified atom stereocenters. The maximum absolute atomic E-state index is 12.0. The smallest absolute Gasteiger partial charge is 0.167 e. The molecule has 1 aliphatic rings. The van der Waals surface area contributed by atoms with Crippen LogP contribution in [-0.2, 0) is 4.79 Å². The van der Waals surface area contributed by atoms with Gasteiger partial charge in [0.15, 0.2) is 11.6 Å². The molecule has 0 radical (unpaired) electrons. The lowest BCUT2D eigenvalue weighted by molar-refractivity contribution is -0.117. The van der Waals surface area contributed by atoms with Crippen molar-refractivity contribution in [2.75, 3.05) is 0 Å². The molecular weight excluding hydrogens is 228 g/mol.